The Morgan fingerprint density at radius 2 is 2.00 bits per heavy atom. The Hall–Kier alpha value is -1.68. The third-order valence-electron chi connectivity index (χ3n) is 3.60. The van der Waals surface area contributed by atoms with Crippen molar-refractivity contribution in [3.8, 4) is 11.4 Å². The molecule has 3 nitrogen and oxygen atoms in total. The van der Waals surface area contributed by atoms with Crippen LogP contribution in [0, 0.1) is 5.82 Å². The number of halogens is 2. The second kappa shape index (κ2) is 5.37. The molecule has 1 aliphatic rings. The van der Waals surface area contributed by atoms with Gasteiger partial charge >= 0.3 is 0 Å². The molecule has 3 rings (SSSR count). The predicted octanol–water partition coefficient (Wildman–Crippen LogP) is 3.86. The lowest BCUT2D eigenvalue weighted by molar-refractivity contribution is 0.628. The number of aryl methyl sites for hydroxylation is 1. The molecule has 0 unspecified atom stereocenters. The molecule has 104 valence electrons. The summed E-state index contributed by atoms with van der Waals surface area (Å²) in [6.45, 7) is 0. The van der Waals surface area contributed by atoms with Crippen molar-refractivity contribution >= 4 is 17.4 Å². The lowest BCUT2D eigenvalue weighted by Crippen LogP contribution is -2.12. The molecule has 0 bridgehead atoms. The first-order valence-corrected chi connectivity index (χ1v) is 7.10. The maximum Gasteiger partial charge on any atom is 0.161 e. The van der Waals surface area contributed by atoms with Crippen molar-refractivity contribution in [1.29, 1.82) is 0 Å². The number of hydrogen-bond acceptors (Lipinski definition) is 3. The van der Waals surface area contributed by atoms with Crippen LogP contribution in [0.25, 0.3) is 11.4 Å². The number of rotatable bonds is 2. The first kappa shape index (κ1) is 13.3. The largest absolute Gasteiger partial charge is 0.373 e. The molecule has 20 heavy (non-hydrogen) atoms. The SMILES string of the molecule is CNc1nc(-c2ccc(Cl)c(F)c2)nc2c1CCCC2. The smallest absolute Gasteiger partial charge is 0.161 e. The summed E-state index contributed by atoms with van der Waals surface area (Å²) in [7, 11) is 1.85. The molecule has 0 fully saturated rings. The zero-order valence-corrected chi connectivity index (χ0v) is 12.0. The van der Waals surface area contributed by atoms with Crippen LogP contribution in [0.15, 0.2) is 18.2 Å². The number of fused-ring (bicyclic) bond motifs is 1. The van der Waals surface area contributed by atoms with Gasteiger partial charge in [-0.25, -0.2) is 14.4 Å². The van der Waals surface area contributed by atoms with Gasteiger partial charge in [0, 0.05) is 23.9 Å². The Kier molecular flexibility index (Phi) is 3.57. The van der Waals surface area contributed by atoms with Gasteiger partial charge in [-0.2, -0.15) is 0 Å². The molecule has 0 saturated carbocycles. The summed E-state index contributed by atoms with van der Waals surface area (Å²) >= 11 is 5.71. The van der Waals surface area contributed by atoms with Crippen molar-refractivity contribution in [2.75, 3.05) is 12.4 Å². The fourth-order valence-electron chi connectivity index (χ4n) is 2.57. The molecular formula is C15H15ClFN3. The van der Waals surface area contributed by atoms with Crippen LogP contribution in [0.1, 0.15) is 24.1 Å². The second-order valence-electron chi connectivity index (χ2n) is 4.91. The predicted molar refractivity (Wildman–Crippen MR) is 78.6 cm³/mol. The first-order valence-electron chi connectivity index (χ1n) is 6.72. The van der Waals surface area contributed by atoms with Gasteiger partial charge in [-0.3, -0.25) is 0 Å². The van der Waals surface area contributed by atoms with Crippen LogP contribution in [-0.4, -0.2) is 17.0 Å². The second-order valence-corrected chi connectivity index (χ2v) is 5.31. The maximum atomic E-state index is 13.6. The highest BCUT2D eigenvalue weighted by Gasteiger charge is 2.18. The minimum atomic E-state index is -0.448. The molecule has 0 spiro atoms. The molecule has 1 aromatic carbocycles. The van der Waals surface area contributed by atoms with Gasteiger partial charge in [0.15, 0.2) is 5.82 Å². The molecule has 1 aromatic heterocycles. The molecular weight excluding hydrogens is 277 g/mol. The quantitative estimate of drug-likeness (QED) is 0.913. The minimum Gasteiger partial charge on any atom is -0.373 e. The number of nitrogens with zero attached hydrogens (tertiary/aromatic N) is 2. The molecule has 0 aliphatic heterocycles. The van der Waals surface area contributed by atoms with E-state index >= 15 is 0 Å². The Balaban J connectivity index is 2.11. The van der Waals surface area contributed by atoms with Gasteiger partial charge in [0.2, 0.25) is 0 Å². The van der Waals surface area contributed by atoms with E-state index in [0.29, 0.717) is 11.4 Å². The van der Waals surface area contributed by atoms with Crippen LogP contribution >= 0.6 is 11.6 Å². The summed E-state index contributed by atoms with van der Waals surface area (Å²) in [5, 5.41) is 3.23. The van der Waals surface area contributed by atoms with E-state index in [4.69, 9.17) is 11.6 Å². The van der Waals surface area contributed by atoms with Gasteiger partial charge in [0.05, 0.1) is 5.02 Å². The molecule has 0 radical (unpaired) electrons. The van der Waals surface area contributed by atoms with Crippen LogP contribution in [0.3, 0.4) is 0 Å². The molecule has 0 atom stereocenters. The molecule has 1 heterocycles. The third-order valence-corrected chi connectivity index (χ3v) is 3.90. The summed E-state index contributed by atoms with van der Waals surface area (Å²) in [5.41, 5.74) is 2.91. The van der Waals surface area contributed by atoms with Crippen molar-refractivity contribution < 1.29 is 4.39 Å². The molecule has 0 saturated heterocycles. The van der Waals surface area contributed by atoms with Crippen LogP contribution in [0.5, 0.6) is 0 Å². The van der Waals surface area contributed by atoms with Crippen LogP contribution < -0.4 is 5.32 Å². The lowest BCUT2D eigenvalue weighted by atomic mass is 9.96. The lowest BCUT2D eigenvalue weighted by Gasteiger charge is -2.18. The van der Waals surface area contributed by atoms with Crippen molar-refractivity contribution in [3.63, 3.8) is 0 Å². The molecule has 1 N–H and O–H groups in total. The summed E-state index contributed by atoms with van der Waals surface area (Å²) in [6.07, 6.45) is 4.26. The van der Waals surface area contributed by atoms with Gasteiger partial charge in [0.1, 0.15) is 11.6 Å². The van der Waals surface area contributed by atoms with E-state index in [1.165, 1.54) is 24.1 Å². The summed E-state index contributed by atoms with van der Waals surface area (Å²) in [6, 6.07) is 4.66. The highest BCUT2D eigenvalue weighted by molar-refractivity contribution is 6.30. The Bertz CT molecular complexity index is 641. The van der Waals surface area contributed by atoms with Crippen molar-refractivity contribution in [3.05, 3.63) is 40.3 Å². The minimum absolute atomic E-state index is 0.112. The van der Waals surface area contributed by atoms with E-state index in [0.717, 1.165) is 30.8 Å². The Morgan fingerprint density at radius 3 is 2.75 bits per heavy atom. The number of aromatic nitrogens is 2. The maximum absolute atomic E-state index is 13.6. The first-order chi connectivity index (χ1) is 9.69. The van der Waals surface area contributed by atoms with E-state index in [-0.39, 0.29) is 5.02 Å². The zero-order chi connectivity index (χ0) is 14.1. The number of benzene rings is 1. The summed E-state index contributed by atoms with van der Waals surface area (Å²) in [5.74, 6) is 0.946. The number of hydrogen-bond donors (Lipinski definition) is 1. The van der Waals surface area contributed by atoms with Crippen LogP contribution in [-0.2, 0) is 12.8 Å². The third kappa shape index (κ3) is 2.36. The van der Waals surface area contributed by atoms with Crippen molar-refractivity contribution in [1.82, 2.24) is 9.97 Å². The molecule has 1 aliphatic carbocycles. The normalized spacial score (nSPS) is 13.9. The van der Waals surface area contributed by atoms with Gasteiger partial charge in [-0.15, -0.1) is 0 Å². The average Bonchev–Trinajstić information content (AvgIpc) is 2.49. The van der Waals surface area contributed by atoms with Crippen molar-refractivity contribution in [2.45, 2.75) is 25.7 Å². The van der Waals surface area contributed by atoms with Gasteiger partial charge in [-0.05, 0) is 43.9 Å². The fourth-order valence-corrected chi connectivity index (χ4v) is 2.68. The van der Waals surface area contributed by atoms with Crippen LogP contribution in [0.2, 0.25) is 5.02 Å². The number of anilines is 1. The molecule has 5 heteroatoms. The number of nitrogens with one attached hydrogen (secondary N) is 1. The molecule has 0 amide bonds. The highest BCUT2D eigenvalue weighted by Crippen LogP contribution is 2.29. The van der Waals surface area contributed by atoms with E-state index < -0.39 is 5.82 Å². The van der Waals surface area contributed by atoms with Crippen LogP contribution in [0.4, 0.5) is 10.2 Å². The highest BCUT2D eigenvalue weighted by atomic mass is 35.5. The van der Waals surface area contributed by atoms with E-state index in [2.05, 4.69) is 15.3 Å². The van der Waals surface area contributed by atoms with Crippen molar-refractivity contribution in [2.24, 2.45) is 0 Å². The van der Waals surface area contributed by atoms with Gasteiger partial charge in [0.25, 0.3) is 0 Å². The van der Waals surface area contributed by atoms with E-state index in [1.807, 2.05) is 7.05 Å². The Morgan fingerprint density at radius 1 is 1.20 bits per heavy atom. The summed E-state index contributed by atoms with van der Waals surface area (Å²) in [4.78, 5) is 9.12. The standard InChI is InChI=1S/C15H15ClFN3/c1-18-15-10-4-2-3-5-13(10)19-14(20-15)9-6-7-11(16)12(17)8-9/h6-8H,2-5H2,1H3,(H,18,19,20). The van der Waals surface area contributed by atoms with E-state index in [1.54, 1.807) is 6.07 Å². The molecule has 2 aromatic rings. The Labute approximate surface area is 122 Å². The topological polar surface area (TPSA) is 37.8 Å². The van der Waals surface area contributed by atoms with Gasteiger partial charge in [-0.1, -0.05) is 11.6 Å². The van der Waals surface area contributed by atoms with E-state index in [9.17, 15) is 4.39 Å². The zero-order valence-electron chi connectivity index (χ0n) is 11.2. The fraction of sp³-hybridized carbons (Fsp3) is 0.333. The van der Waals surface area contributed by atoms with Gasteiger partial charge < -0.3 is 5.32 Å². The average molecular weight is 292 g/mol. The monoisotopic (exact) mass is 291 g/mol. The summed E-state index contributed by atoms with van der Waals surface area (Å²) < 4.78 is 13.6.